The molecule has 1 unspecified atom stereocenters. The second-order valence-corrected chi connectivity index (χ2v) is 5.49. The molecule has 0 radical (unpaired) electrons. The highest BCUT2D eigenvalue weighted by Crippen LogP contribution is 2.37. The van der Waals surface area contributed by atoms with Gasteiger partial charge < -0.3 is 15.3 Å². The largest absolute Gasteiger partial charge is 0.507 e. The second-order valence-electron chi connectivity index (χ2n) is 5.49. The van der Waals surface area contributed by atoms with Crippen molar-refractivity contribution in [3.8, 4) is 22.6 Å². The highest BCUT2D eigenvalue weighted by molar-refractivity contribution is 5.76. The van der Waals surface area contributed by atoms with Crippen molar-refractivity contribution in [2.75, 3.05) is 0 Å². The molecule has 2 aromatic carbocycles. The summed E-state index contributed by atoms with van der Waals surface area (Å²) in [6.07, 6.45) is 8.07. The Labute approximate surface area is 129 Å². The van der Waals surface area contributed by atoms with Gasteiger partial charge in [0.2, 0.25) is 0 Å². The SMILES string of the molecule is Oc1ccc2cc1-c1cc(ccc1O)CC(O)/C=C/C=C/C2. The molecule has 3 N–H and O–H groups in total. The lowest BCUT2D eigenvalue weighted by atomic mass is 9.96. The molecule has 2 aromatic rings. The molecule has 1 aliphatic carbocycles. The minimum absolute atomic E-state index is 0.117. The van der Waals surface area contributed by atoms with E-state index in [0.29, 0.717) is 24.0 Å². The lowest BCUT2D eigenvalue weighted by Crippen LogP contribution is -2.06. The molecule has 0 amide bonds. The Kier molecular flexibility index (Phi) is 3.98. The van der Waals surface area contributed by atoms with Gasteiger partial charge in [0.05, 0.1) is 6.10 Å². The molecule has 0 saturated heterocycles. The highest BCUT2D eigenvalue weighted by atomic mass is 16.3. The molecule has 3 rings (SSSR count). The van der Waals surface area contributed by atoms with E-state index in [1.807, 2.05) is 36.4 Å². The number of phenols is 2. The van der Waals surface area contributed by atoms with Gasteiger partial charge in [0, 0.05) is 17.5 Å². The van der Waals surface area contributed by atoms with E-state index in [9.17, 15) is 15.3 Å². The molecule has 1 aliphatic rings. The third-order valence-electron chi connectivity index (χ3n) is 3.79. The Morgan fingerprint density at radius 2 is 1.45 bits per heavy atom. The molecule has 22 heavy (non-hydrogen) atoms. The Morgan fingerprint density at radius 3 is 2.18 bits per heavy atom. The zero-order chi connectivity index (χ0) is 15.5. The van der Waals surface area contributed by atoms with E-state index < -0.39 is 6.10 Å². The third kappa shape index (κ3) is 3.05. The fourth-order valence-electron chi connectivity index (χ4n) is 2.64. The van der Waals surface area contributed by atoms with Crippen molar-refractivity contribution in [3.05, 3.63) is 71.8 Å². The van der Waals surface area contributed by atoms with Crippen molar-refractivity contribution in [3.63, 3.8) is 0 Å². The van der Waals surface area contributed by atoms with Crippen molar-refractivity contribution in [1.82, 2.24) is 0 Å². The van der Waals surface area contributed by atoms with Crippen molar-refractivity contribution < 1.29 is 15.3 Å². The molecule has 0 heterocycles. The van der Waals surface area contributed by atoms with Crippen LogP contribution in [0.5, 0.6) is 11.5 Å². The molecule has 4 bridgehead atoms. The molecule has 112 valence electrons. The van der Waals surface area contributed by atoms with E-state index in [4.69, 9.17) is 0 Å². The lowest BCUT2D eigenvalue weighted by molar-refractivity contribution is 0.224. The zero-order valence-electron chi connectivity index (χ0n) is 12.1. The topological polar surface area (TPSA) is 60.7 Å². The van der Waals surface area contributed by atoms with E-state index in [0.717, 1.165) is 11.1 Å². The predicted octanol–water partition coefficient (Wildman–Crippen LogP) is 3.34. The van der Waals surface area contributed by atoms with E-state index in [-0.39, 0.29) is 11.5 Å². The van der Waals surface area contributed by atoms with Crippen molar-refractivity contribution >= 4 is 0 Å². The molecular formula is C19H18O3. The monoisotopic (exact) mass is 294 g/mol. The number of aliphatic hydroxyl groups excluding tert-OH is 1. The minimum Gasteiger partial charge on any atom is -0.507 e. The number of hydrogen-bond acceptors (Lipinski definition) is 3. The number of fused-ring (bicyclic) bond motifs is 5. The summed E-state index contributed by atoms with van der Waals surface area (Å²) in [5.74, 6) is 0.250. The number of phenolic OH excluding ortho intramolecular Hbond substituents is 2. The third-order valence-corrected chi connectivity index (χ3v) is 3.79. The van der Waals surface area contributed by atoms with Crippen LogP contribution in [0.3, 0.4) is 0 Å². The van der Waals surface area contributed by atoms with Crippen LogP contribution < -0.4 is 0 Å². The van der Waals surface area contributed by atoms with Gasteiger partial charge in [-0.1, -0.05) is 36.4 Å². The fraction of sp³-hybridized carbons (Fsp3) is 0.158. The number of benzene rings is 2. The Hall–Kier alpha value is -2.52. The van der Waals surface area contributed by atoms with Crippen LogP contribution >= 0.6 is 0 Å². The van der Waals surface area contributed by atoms with Crippen LogP contribution in [-0.2, 0) is 12.8 Å². The molecule has 1 atom stereocenters. The van der Waals surface area contributed by atoms with E-state index in [2.05, 4.69) is 0 Å². The van der Waals surface area contributed by atoms with Gasteiger partial charge in [0.25, 0.3) is 0 Å². The predicted molar refractivity (Wildman–Crippen MR) is 86.9 cm³/mol. The van der Waals surface area contributed by atoms with E-state index in [1.165, 1.54) is 0 Å². The van der Waals surface area contributed by atoms with Crippen LogP contribution in [0, 0.1) is 0 Å². The van der Waals surface area contributed by atoms with Crippen molar-refractivity contribution in [2.45, 2.75) is 18.9 Å². The van der Waals surface area contributed by atoms with E-state index in [1.54, 1.807) is 24.3 Å². The summed E-state index contributed by atoms with van der Waals surface area (Å²) in [6, 6.07) is 10.6. The maximum atomic E-state index is 10.1. The summed E-state index contributed by atoms with van der Waals surface area (Å²) in [7, 11) is 0. The van der Waals surface area contributed by atoms with Crippen molar-refractivity contribution in [1.29, 1.82) is 0 Å². The summed E-state index contributed by atoms with van der Waals surface area (Å²) in [5, 5.41) is 30.3. The number of aromatic hydroxyl groups is 2. The maximum Gasteiger partial charge on any atom is 0.123 e. The average molecular weight is 294 g/mol. The quantitative estimate of drug-likeness (QED) is 0.698. The first-order valence-corrected chi connectivity index (χ1v) is 7.29. The van der Waals surface area contributed by atoms with E-state index >= 15 is 0 Å². The van der Waals surface area contributed by atoms with Crippen molar-refractivity contribution in [2.24, 2.45) is 0 Å². The maximum absolute atomic E-state index is 10.1. The summed E-state index contributed by atoms with van der Waals surface area (Å²) in [4.78, 5) is 0. The van der Waals surface area contributed by atoms with Crippen LogP contribution in [0.4, 0.5) is 0 Å². The van der Waals surface area contributed by atoms with Gasteiger partial charge in [-0.3, -0.25) is 0 Å². The van der Waals surface area contributed by atoms with Gasteiger partial charge in [0.1, 0.15) is 11.5 Å². The number of rotatable bonds is 0. The van der Waals surface area contributed by atoms with Crippen LogP contribution in [0.15, 0.2) is 60.7 Å². The average Bonchev–Trinajstić information content (AvgIpc) is 2.50. The summed E-state index contributed by atoms with van der Waals surface area (Å²) in [5.41, 5.74) is 3.13. The number of hydrogen-bond donors (Lipinski definition) is 3. The van der Waals surface area contributed by atoms with Gasteiger partial charge in [0.15, 0.2) is 0 Å². The van der Waals surface area contributed by atoms with Gasteiger partial charge in [-0.15, -0.1) is 0 Å². The van der Waals surface area contributed by atoms with Crippen LogP contribution in [0.25, 0.3) is 11.1 Å². The first kappa shape index (κ1) is 14.4. The Morgan fingerprint density at radius 1 is 0.818 bits per heavy atom. The number of allylic oxidation sites excluding steroid dienone is 3. The second kappa shape index (κ2) is 6.08. The molecule has 3 heteroatoms. The first-order valence-electron chi connectivity index (χ1n) is 7.29. The summed E-state index contributed by atoms with van der Waals surface area (Å²) < 4.78 is 0. The van der Waals surface area contributed by atoms with Crippen LogP contribution in [-0.4, -0.2) is 21.4 Å². The molecule has 0 aliphatic heterocycles. The van der Waals surface area contributed by atoms with Crippen LogP contribution in [0.2, 0.25) is 0 Å². The summed E-state index contributed by atoms with van der Waals surface area (Å²) in [6.45, 7) is 0. The normalized spacial score (nSPS) is 20.3. The Bertz CT molecular complexity index is 744. The van der Waals surface area contributed by atoms with Gasteiger partial charge in [-0.2, -0.15) is 0 Å². The Balaban J connectivity index is 2.17. The van der Waals surface area contributed by atoms with Gasteiger partial charge in [-0.05, 0) is 41.8 Å². The van der Waals surface area contributed by atoms with Gasteiger partial charge >= 0.3 is 0 Å². The first-order chi connectivity index (χ1) is 10.6. The minimum atomic E-state index is -0.584. The summed E-state index contributed by atoms with van der Waals surface area (Å²) >= 11 is 0. The van der Waals surface area contributed by atoms with Gasteiger partial charge in [-0.25, -0.2) is 0 Å². The highest BCUT2D eigenvalue weighted by Gasteiger charge is 2.12. The standard InChI is InChI=1S/C19H18O3/c20-15-5-3-1-2-4-13-6-8-18(21)16(11-13)17-12-14(10-15)7-9-19(17)22/h1-3,5-9,11-12,15,20-22H,4,10H2/b2-1+,5-3+. The molecule has 0 aromatic heterocycles. The molecular weight excluding hydrogens is 276 g/mol. The number of aliphatic hydroxyl groups is 1. The molecule has 0 saturated carbocycles. The van der Waals surface area contributed by atoms with Crippen LogP contribution in [0.1, 0.15) is 11.1 Å². The molecule has 0 spiro atoms. The molecule has 0 fully saturated rings. The fourth-order valence-corrected chi connectivity index (χ4v) is 2.64. The molecule has 3 nitrogen and oxygen atoms in total. The zero-order valence-corrected chi connectivity index (χ0v) is 12.1. The smallest absolute Gasteiger partial charge is 0.123 e. The lowest BCUT2D eigenvalue weighted by Gasteiger charge is -2.12.